The molecule has 0 unspecified atom stereocenters. The molecule has 1 amide bonds. The average Bonchev–Trinajstić information content (AvgIpc) is 2.70. The molecule has 3 rings (SSSR count). The van der Waals surface area contributed by atoms with E-state index >= 15 is 0 Å². The van der Waals surface area contributed by atoms with Crippen LogP contribution in [0.1, 0.15) is 33.2 Å². The first-order valence-electron chi connectivity index (χ1n) is 8.93. The number of benzene rings is 2. The van der Waals surface area contributed by atoms with Crippen molar-refractivity contribution in [2.24, 2.45) is 0 Å². The lowest BCUT2D eigenvalue weighted by Crippen LogP contribution is -2.12. The lowest BCUT2D eigenvalue weighted by molar-refractivity contribution is 0.0526. The van der Waals surface area contributed by atoms with E-state index in [1.54, 1.807) is 61.7 Å². The minimum atomic E-state index is -0.346. The molecule has 6 nitrogen and oxygen atoms in total. The fourth-order valence-electron chi connectivity index (χ4n) is 2.50. The molecule has 6 heteroatoms. The fourth-order valence-corrected chi connectivity index (χ4v) is 2.50. The van der Waals surface area contributed by atoms with E-state index in [9.17, 15) is 9.59 Å². The number of amides is 1. The Kier molecular flexibility index (Phi) is 6.01. The molecule has 2 aromatic carbocycles. The van der Waals surface area contributed by atoms with Gasteiger partial charge in [0.2, 0.25) is 0 Å². The van der Waals surface area contributed by atoms with Crippen LogP contribution in [0.4, 0.5) is 17.2 Å². The molecule has 0 bridgehead atoms. The monoisotopic (exact) mass is 375 g/mol. The van der Waals surface area contributed by atoms with Gasteiger partial charge in [0.1, 0.15) is 5.82 Å². The average molecular weight is 375 g/mol. The summed E-state index contributed by atoms with van der Waals surface area (Å²) in [6, 6.07) is 17.8. The number of pyridine rings is 1. The van der Waals surface area contributed by atoms with E-state index in [1.165, 1.54) is 0 Å². The zero-order chi connectivity index (χ0) is 19.9. The minimum absolute atomic E-state index is 0.183. The molecule has 0 radical (unpaired) electrons. The zero-order valence-corrected chi connectivity index (χ0v) is 15.7. The molecule has 0 aliphatic carbocycles. The van der Waals surface area contributed by atoms with Crippen LogP contribution in [0.2, 0.25) is 0 Å². The third-order valence-electron chi connectivity index (χ3n) is 4.00. The first-order chi connectivity index (χ1) is 13.5. The summed E-state index contributed by atoms with van der Waals surface area (Å²) < 4.78 is 4.96. The number of esters is 1. The highest BCUT2D eigenvalue weighted by atomic mass is 16.5. The maximum atomic E-state index is 12.2. The van der Waals surface area contributed by atoms with Gasteiger partial charge < -0.3 is 15.4 Å². The van der Waals surface area contributed by atoms with Crippen molar-refractivity contribution in [2.75, 3.05) is 17.2 Å². The highest BCUT2D eigenvalue weighted by Gasteiger charge is 2.07. The molecule has 2 N–H and O–H groups in total. The van der Waals surface area contributed by atoms with Crippen molar-refractivity contribution in [1.82, 2.24) is 4.98 Å². The van der Waals surface area contributed by atoms with Gasteiger partial charge in [0.25, 0.3) is 5.91 Å². The van der Waals surface area contributed by atoms with Crippen LogP contribution in [0, 0.1) is 6.92 Å². The van der Waals surface area contributed by atoms with Crippen LogP contribution in [0.5, 0.6) is 0 Å². The Morgan fingerprint density at radius 2 is 1.54 bits per heavy atom. The second kappa shape index (κ2) is 8.81. The molecule has 3 aromatic rings. The lowest BCUT2D eigenvalue weighted by atomic mass is 10.1. The Balaban J connectivity index is 1.60. The number of nitrogens with one attached hydrogen (secondary N) is 2. The quantitative estimate of drug-likeness (QED) is 0.617. The van der Waals surface area contributed by atoms with Crippen LogP contribution >= 0.6 is 0 Å². The van der Waals surface area contributed by atoms with E-state index in [0.717, 1.165) is 11.3 Å². The third kappa shape index (κ3) is 4.94. The van der Waals surface area contributed by atoms with Gasteiger partial charge >= 0.3 is 5.97 Å². The highest BCUT2D eigenvalue weighted by Crippen LogP contribution is 2.18. The van der Waals surface area contributed by atoms with Gasteiger partial charge in [0, 0.05) is 11.3 Å². The number of rotatable bonds is 6. The maximum absolute atomic E-state index is 12.2. The second-order valence-corrected chi connectivity index (χ2v) is 6.18. The molecular weight excluding hydrogens is 354 g/mol. The van der Waals surface area contributed by atoms with Crippen LogP contribution in [-0.4, -0.2) is 23.5 Å². The molecule has 0 fully saturated rings. The smallest absolute Gasteiger partial charge is 0.338 e. The molecule has 0 spiro atoms. The van der Waals surface area contributed by atoms with E-state index in [2.05, 4.69) is 15.6 Å². The molecule has 0 saturated carbocycles. The van der Waals surface area contributed by atoms with E-state index < -0.39 is 0 Å². The largest absolute Gasteiger partial charge is 0.462 e. The van der Waals surface area contributed by atoms with Crippen LogP contribution in [0.15, 0.2) is 66.9 Å². The van der Waals surface area contributed by atoms with Crippen molar-refractivity contribution in [2.45, 2.75) is 13.8 Å². The predicted octanol–water partition coefficient (Wildman–Crippen LogP) is 4.56. The fraction of sp³-hybridized carbons (Fsp3) is 0.136. The number of anilines is 3. The maximum Gasteiger partial charge on any atom is 0.338 e. The molecule has 1 aromatic heterocycles. The van der Waals surface area contributed by atoms with Gasteiger partial charge in [-0.05, 0) is 62.4 Å². The Morgan fingerprint density at radius 1 is 0.893 bits per heavy atom. The summed E-state index contributed by atoms with van der Waals surface area (Å²) in [6.45, 7) is 4.09. The van der Waals surface area contributed by atoms with Crippen molar-refractivity contribution in [1.29, 1.82) is 0 Å². The molecule has 0 aliphatic rings. The number of ether oxygens (including phenoxy) is 1. The number of hydrogen-bond acceptors (Lipinski definition) is 5. The van der Waals surface area contributed by atoms with Gasteiger partial charge in [0.15, 0.2) is 0 Å². The number of carbonyl (C=O) groups is 2. The SMILES string of the molecule is CCOC(=O)c1ccc(Nc2ccc(NC(=O)c3ccc(C)cc3)cn2)cc1. The number of nitrogens with zero attached hydrogens (tertiary/aromatic N) is 1. The lowest BCUT2D eigenvalue weighted by Gasteiger charge is -2.09. The van der Waals surface area contributed by atoms with E-state index in [0.29, 0.717) is 29.2 Å². The van der Waals surface area contributed by atoms with Gasteiger partial charge in [-0.3, -0.25) is 4.79 Å². The van der Waals surface area contributed by atoms with Gasteiger partial charge in [-0.2, -0.15) is 0 Å². The van der Waals surface area contributed by atoms with Crippen molar-refractivity contribution in [3.05, 3.63) is 83.6 Å². The first kappa shape index (κ1) is 19.1. The third-order valence-corrected chi connectivity index (χ3v) is 4.00. The van der Waals surface area contributed by atoms with Crippen LogP contribution in [0.3, 0.4) is 0 Å². The summed E-state index contributed by atoms with van der Waals surface area (Å²) in [5.41, 5.74) is 3.58. The summed E-state index contributed by atoms with van der Waals surface area (Å²) in [5, 5.41) is 5.96. The second-order valence-electron chi connectivity index (χ2n) is 6.18. The number of carbonyl (C=O) groups excluding carboxylic acids is 2. The van der Waals surface area contributed by atoms with Gasteiger partial charge in [-0.25, -0.2) is 9.78 Å². The highest BCUT2D eigenvalue weighted by molar-refractivity contribution is 6.04. The van der Waals surface area contributed by atoms with Crippen molar-refractivity contribution in [3.8, 4) is 0 Å². The van der Waals surface area contributed by atoms with Crippen molar-refractivity contribution >= 4 is 29.1 Å². The molecule has 142 valence electrons. The van der Waals surface area contributed by atoms with Crippen LogP contribution in [-0.2, 0) is 4.74 Å². The van der Waals surface area contributed by atoms with Crippen LogP contribution < -0.4 is 10.6 Å². The molecular formula is C22H21N3O3. The molecule has 0 aliphatic heterocycles. The van der Waals surface area contributed by atoms with E-state index in [-0.39, 0.29) is 11.9 Å². The van der Waals surface area contributed by atoms with Crippen molar-refractivity contribution < 1.29 is 14.3 Å². The summed E-state index contributed by atoms with van der Waals surface area (Å²) in [4.78, 5) is 28.2. The van der Waals surface area contributed by atoms with Gasteiger partial charge in [-0.1, -0.05) is 17.7 Å². The van der Waals surface area contributed by atoms with E-state index in [1.807, 2.05) is 19.1 Å². The number of aryl methyl sites for hydroxylation is 1. The molecule has 1 heterocycles. The summed E-state index contributed by atoms with van der Waals surface area (Å²) in [7, 11) is 0. The Bertz CT molecular complexity index is 950. The Hall–Kier alpha value is -3.67. The first-order valence-corrected chi connectivity index (χ1v) is 8.93. The predicted molar refractivity (Wildman–Crippen MR) is 109 cm³/mol. The standard InChI is InChI=1S/C22H21N3O3/c1-3-28-22(27)17-8-10-18(11-9-17)24-20-13-12-19(14-23-20)25-21(26)16-6-4-15(2)5-7-16/h4-14H,3H2,1-2H3,(H,23,24)(H,25,26). The number of hydrogen-bond donors (Lipinski definition) is 2. The molecule has 0 atom stereocenters. The summed E-state index contributed by atoms with van der Waals surface area (Å²) in [6.07, 6.45) is 1.58. The van der Waals surface area contributed by atoms with Crippen LogP contribution in [0.25, 0.3) is 0 Å². The minimum Gasteiger partial charge on any atom is -0.462 e. The van der Waals surface area contributed by atoms with Gasteiger partial charge in [0.05, 0.1) is 24.1 Å². The Morgan fingerprint density at radius 3 is 2.14 bits per heavy atom. The number of aromatic nitrogens is 1. The Labute approximate surface area is 163 Å². The molecule has 0 saturated heterocycles. The van der Waals surface area contributed by atoms with Crippen molar-refractivity contribution in [3.63, 3.8) is 0 Å². The summed E-state index contributed by atoms with van der Waals surface area (Å²) in [5.74, 6) is 0.0927. The van der Waals surface area contributed by atoms with E-state index in [4.69, 9.17) is 4.74 Å². The topological polar surface area (TPSA) is 80.3 Å². The normalized spacial score (nSPS) is 10.2. The molecule has 28 heavy (non-hydrogen) atoms. The summed E-state index contributed by atoms with van der Waals surface area (Å²) >= 11 is 0. The van der Waals surface area contributed by atoms with Gasteiger partial charge in [-0.15, -0.1) is 0 Å². The zero-order valence-electron chi connectivity index (χ0n) is 15.7.